The van der Waals surface area contributed by atoms with Crippen molar-refractivity contribution in [2.45, 2.75) is 33.1 Å². The summed E-state index contributed by atoms with van der Waals surface area (Å²) in [5.74, 6) is 0.242. The molecule has 1 aromatic carbocycles. The second kappa shape index (κ2) is 6.32. The molecular formula is C15H20N2O3. The Morgan fingerprint density at radius 1 is 1.35 bits per heavy atom. The van der Waals surface area contributed by atoms with Gasteiger partial charge in [0.1, 0.15) is 5.69 Å². The summed E-state index contributed by atoms with van der Waals surface area (Å²) in [7, 11) is 1.50. The Morgan fingerprint density at radius 3 is 2.45 bits per heavy atom. The Kier molecular flexibility index (Phi) is 5.02. The molecule has 1 N–H and O–H groups in total. The first-order chi connectivity index (χ1) is 9.29. The Labute approximate surface area is 119 Å². The number of benzene rings is 1. The van der Waals surface area contributed by atoms with Crippen LogP contribution in [0.25, 0.3) is 0 Å². The number of aldehydes is 1. The zero-order valence-electron chi connectivity index (χ0n) is 12.5. The summed E-state index contributed by atoms with van der Waals surface area (Å²) in [6, 6.07) is 3.71. The molecule has 0 aliphatic carbocycles. The molecule has 5 nitrogen and oxygen atoms in total. The topological polar surface area (TPSA) is 67.8 Å². The first-order valence-electron chi connectivity index (χ1n) is 6.27. The maximum atomic E-state index is 11.3. The molecule has 108 valence electrons. The van der Waals surface area contributed by atoms with Crippen LogP contribution < -0.4 is 10.1 Å². The average Bonchev–Trinajstić information content (AvgIpc) is 2.33. The second-order valence-electron chi connectivity index (χ2n) is 5.42. The largest absolute Gasteiger partial charge is 0.492 e. The molecule has 0 fully saturated rings. The van der Waals surface area contributed by atoms with Gasteiger partial charge in [-0.3, -0.25) is 9.59 Å². The summed E-state index contributed by atoms with van der Waals surface area (Å²) in [6.45, 7) is 7.59. The summed E-state index contributed by atoms with van der Waals surface area (Å²) in [5.41, 5.74) is 1.92. The maximum Gasteiger partial charge on any atom is 0.221 e. The molecule has 5 heteroatoms. The molecule has 0 saturated carbocycles. The van der Waals surface area contributed by atoms with Crippen molar-refractivity contribution >= 4 is 29.8 Å². The van der Waals surface area contributed by atoms with E-state index in [1.165, 1.54) is 14.0 Å². The van der Waals surface area contributed by atoms with Crippen molar-refractivity contribution in [2.24, 2.45) is 4.99 Å². The number of carbonyl (C=O) groups excluding carboxylic acids is 2. The lowest BCUT2D eigenvalue weighted by atomic mass is 9.86. The van der Waals surface area contributed by atoms with Crippen molar-refractivity contribution in [2.75, 3.05) is 12.4 Å². The smallest absolute Gasteiger partial charge is 0.221 e. The van der Waals surface area contributed by atoms with Gasteiger partial charge in [0.25, 0.3) is 0 Å². The van der Waals surface area contributed by atoms with Crippen LogP contribution in [0.3, 0.4) is 0 Å². The molecule has 1 amide bonds. The van der Waals surface area contributed by atoms with E-state index in [1.807, 2.05) is 12.1 Å². The van der Waals surface area contributed by atoms with E-state index in [1.54, 1.807) is 0 Å². The minimum Gasteiger partial charge on any atom is -0.492 e. The number of ether oxygens (including phenoxy) is 1. The van der Waals surface area contributed by atoms with E-state index in [0.717, 1.165) is 11.8 Å². The molecule has 0 spiro atoms. The lowest BCUT2D eigenvalue weighted by Gasteiger charge is -2.22. The van der Waals surface area contributed by atoms with Crippen LogP contribution in [0.1, 0.15) is 33.3 Å². The van der Waals surface area contributed by atoms with Gasteiger partial charge in [-0.05, 0) is 23.1 Å². The number of hydrogen-bond donors (Lipinski definition) is 1. The summed E-state index contributed by atoms with van der Waals surface area (Å²) >= 11 is 0. The first kappa shape index (κ1) is 15.9. The summed E-state index contributed by atoms with van der Waals surface area (Å²) in [5, 5.41) is 2.73. The normalized spacial score (nSPS) is 11.4. The minimum absolute atomic E-state index is 0.120. The van der Waals surface area contributed by atoms with E-state index in [0.29, 0.717) is 23.4 Å². The predicted octanol–water partition coefficient (Wildman–Crippen LogP) is 2.85. The fourth-order valence-corrected chi connectivity index (χ4v) is 1.75. The standard InChI is InChI=1S/C15H20N2O3/c1-10(19)17-13-9-11(15(2,3)4)8-12(14(13)20-5)16-6-7-18/h6-9H,1-5H3,(H,17,19). The molecule has 0 unspecified atom stereocenters. The van der Waals surface area contributed by atoms with E-state index in [4.69, 9.17) is 4.74 Å². The van der Waals surface area contributed by atoms with Gasteiger partial charge >= 0.3 is 0 Å². The molecule has 0 atom stereocenters. The van der Waals surface area contributed by atoms with Crippen LogP contribution in [0.2, 0.25) is 0 Å². The van der Waals surface area contributed by atoms with Gasteiger partial charge in [0.05, 0.1) is 19.0 Å². The van der Waals surface area contributed by atoms with Gasteiger partial charge in [-0.15, -0.1) is 0 Å². The molecule has 1 rings (SSSR count). The highest BCUT2D eigenvalue weighted by atomic mass is 16.5. The zero-order chi connectivity index (χ0) is 15.3. The molecular weight excluding hydrogens is 256 g/mol. The van der Waals surface area contributed by atoms with E-state index in [9.17, 15) is 9.59 Å². The number of nitrogens with zero attached hydrogens (tertiary/aromatic N) is 1. The quantitative estimate of drug-likeness (QED) is 0.679. The monoisotopic (exact) mass is 276 g/mol. The van der Waals surface area contributed by atoms with Gasteiger partial charge in [-0.1, -0.05) is 20.8 Å². The lowest BCUT2D eigenvalue weighted by molar-refractivity contribution is -0.114. The number of anilines is 1. The Bertz CT molecular complexity index is 543. The zero-order valence-corrected chi connectivity index (χ0v) is 12.5. The van der Waals surface area contributed by atoms with Crippen molar-refractivity contribution in [3.05, 3.63) is 17.7 Å². The van der Waals surface area contributed by atoms with Crippen molar-refractivity contribution in [3.8, 4) is 5.75 Å². The summed E-state index contributed by atoms with van der Waals surface area (Å²) in [6.07, 6.45) is 1.75. The SMILES string of the molecule is COc1c(N=CC=O)cc(C(C)(C)C)cc1NC(C)=O. The summed E-state index contributed by atoms with van der Waals surface area (Å²) < 4.78 is 5.30. The molecule has 0 heterocycles. The lowest BCUT2D eigenvalue weighted by Crippen LogP contribution is -2.13. The third-order valence-corrected chi connectivity index (χ3v) is 2.72. The number of rotatable bonds is 4. The minimum atomic E-state index is -0.195. The number of aliphatic imine (C=N–C) groups is 1. The first-order valence-corrected chi connectivity index (χ1v) is 6.27. The maximum absolute atomic E-state index is 11.3. The van der Waals surface area contributed by atoms with Crippen LogP contribution in [0.4, 0.5) is 11.4 Å². The Hall–Kier alpha value is -2.17. The van der Waals surface area contributed by atoms with E-state index < -0.39 is 0 Å². The van der Waals surface area contributed by atoms with Crippen LogP contribution in [-0.4, -0.2) is 25.5 Å². The van der Waals surface area contributed by atoms with Gasteiger partial charge in [-0.2, -0.15) is 0 Å². The van der Waals surface area contributed by atoms with Gasteiger partial charge in [0.15, 0.2) is 12.0 Å². The van der Waals surface area contributed by atoms with Gasteiger partial charge in [0, 0.05) is 6.92 Å². The van der Waals surface area contributed by atoms with Gasteiger partial charge < -0.3 is 10.1 Å². The van der Waals surface area contributed by atoms with Crippen molar-refractivity contribution in [1.29, 1.82) is 0 Å². The Balaban J connectivity index is 3.50. The van der Waals surface area contributed by atoms with Crippen molar-refractivity contribution in [3.63, 3.8) is 0 Å². The average molecular weight is 276 g/mol. The van der Waals surface area contributed by atoms with Crippen LogP contribution >= 0.6 is 0 Å². The number of amides is 1. The number of carbonyl (C=O) groups is 2. The molecule has 0 saturated heterocycles. The third kappa shape index (κ3) is 3.91. The molecule has 1 aromatic rings. The van der Waals surface area contributed by atoms with Crippen molar-refractivity contribution < 1.29 is 14.3 Å². The van der Waals surface area contributed by atoms with E-state index in [-0.39, 0.29) is 11.3 Å². The number of methoxy groups -OCH3 is 1. The molecule has 0 aliphatic rings. The van der Waals surface area contributed by atoms with Gasteiger partial charge in [0.2, 0.25) is 5.91 Å². The second-order valence-corrected chi connectivity index (χ2v) is 5.42. The highest BCUT2D eigenvalue weighted by Crippen LogP contribution is 2.40. The number of hydrogen-bond acceptors (Lipinski definition) is 4. The molecule has 0 aliphatic heterocycles. The predicted molar refractivity (Wildman–Crippen MR) is 80.2 cm³/mol. The van der Waals surface area contributed by atoms with Crippen molar-refractivity contribution in [1.82, 2.24) is 0 Å². The Morgan fingerprint density at radius 2 is 2.00 bits per heavy atom. The fraction of sp³-hybridized carbons (Fsp3) is 0.400. The van der Waals surface area contributed by atoms with Crippen LogP contribution in [0.5, 0.6) is 5.75 Å². The van der Waals surface area contributed by atoms with Crippen LogP contribution in [-0.2, 0) is 15.0 Å². The van der Waals surface area contributed by atoms with Gasteiger partial charge in [-0.25, -0.2) is 4.99 Å². The van der Waals surface area contributed by atoms with E-state index in [2.05, 4.69) is 31.1 Å². The highest BCUT2D eigenvalue weighted by molar-refractivity contribution is 6.14. The molecule has 0 bridgehead atoms. The van der Waals surface area contributed by atoms with Crippen LogP contribution in [0, 0.1) is 0 Å². The number of nitrogens with one attached hydrogen (secondary N) is 1. The molecule has 0 radical (unpaired) electrons. The van der Waals surface area contributed by atoms with E-state index >= 15 is 0 Å². The van der Waals surface area contributed by atoms with Crippen LogP contribution in [0.15, 0.2) is 17.1 Å². The third-order valence-electron chi connectivity index (χ3n) is 2.72. The fourth-order valence-electron chi connectivity index (χ4n) is 1.75. The molecule has 20 heavy (non-hydrogen) atoms. The molecule has 0 aromatic heterocycles. The highest BCUT2D eigenvalue weighted by Gasteiger charge is 2.19. The summed E-state index contributed by atoms with van der Waals surface area (Å²) in [4.78, 5) is 25.8.